The van der Waals surface area contributed by atoms with Gasteiger partial charge in [0.15, 0.2) is 5.13 Å². The first-order valence-electron chi connectivity index (χ1n) is 7.25. The zero-order valence-electron chi connectivity index (χ0n) is 13.2. The van der Waals surface area contributed by atoms with E-state index in [4.69, 9.17) is 16.3 Å². The van der Waals surface area contributed by atoms with E-state index in [-0.39, 0.29) is 5.97 Å². The first kappa shape index (κ1) is 16.5. The molecule has 6 heteroatoms. The number of rotatable bonds is 4. The van der Waals surface area contributed by atoms with Gasteiger partial charge in [-0.2, -0.15) is 0 Å². The predicted molar refractivity (Wildman–Crippen MR) is 98.4 cm³/mol. The maximum Gasteiger partial charge on any atom is 0.337 e. The highest BCUT2D eigenvalue weighted by Crippen LogP contribution is 2.32. The summed E-state index contributed by atoms with van der Waals surface area (Å²) >= 11 is 7.51. The number of esters is 1. The van der Waals surface area contributed by atoms with Gasteiger partial charge >= 0.3 is 5.97 Å². The van der Waals surface area contributed by atoms with Gasteiger partial charge in [-0.1, -0.05) is 23.7 Å². The van der Waals surface area contributed by atoms with Gasteiger partial charge in [0.1, 0.15) is 0 Å². The van der Waals surface area contributed by atoms with Crippen LogP contribution in [0.15, 0.2) is 48.5 Å². The number of methoxy groups -OCH3 is 1. The number of thiazole rings is 1. The summed E-state index contributed by atoms with van der Waals surface area (Å²) < 4.78 is 4.69. The van der Waals surface area contributed by atoms with E-state index in [0.717, 1.165) is 27.0 Å². The molecule has 3 rings (SSSR count). The quantitative estimate of drug-likeness (QED) is 0.643. The van der Waals surface area contributed by atoms with Gasteiger partial charge in [-0.15, -0.1) is 11.3 Å². The molecule has 3 aromatic rings. The lowest BCUT2D eigenvalue weighted by molar-refractivity contribution is 0.0601. The zero-order chi connectivity index (χ0) is 17.1. The average Bonchev–Trinajstić information content (AvgIpc) is 2.96. The van der Waals surface area contributed by atoms with Gasteiger partial charge in [-0.25, -0.2) is 9.78 Å². The van der Waals surface area contributed by atoms with Crippen LogP contribution in [-0.4, -0.2) is 18.1 Å². The minimum absolute atomic E-state index is 0.350. The van der Waals surface area contributed by atoms with Crippen molar-refractivity contribution >= 4 is 39.7 Å². The van der Waals surface area contributed by atoms with Gasteiger partial charge in [0, 0.05) is 21.2 Å². The number of nitrogens with zero attached hydrogens (tertiary/aromatic N) is 1. The number of hydrogen-bond acceptors (Lipinski definition) is 5. The number of carbonyl (C=O) groups is 1. The first-order valence-corrected chi connectivity index (χ1v) is 8.45. The summed E-state index contributed by atoms with van der Waals surface area (Å²) in [6.45, 7) is 2.03. The van der Waals surface area contributed by atoms with Crippen LogP contribution in [0.25, 0.3) is 11.3 Å². The Morgan fingerprint density at radius 1 is 1.12 bits per heavy atom. The standard InChI is InChI=1S/C18H15ClN2O2S/c1-11-16(12-3-7-14(19)8-4-12)21-18(24-11)20-15-9-5-13(6-10-15)17(22)23-2/h3-10H,1-2H3,(H,20,21). The molecule has 0 amide bonds. The molecule has 0 radical (unpaired) electrons. The Labute approximate surface area is 149 Å². The fraction of sp³-hybridized carbons (Fsp3) is 0.111. The minimum Gasteiger partial charge on any atom is -0.465 e. The number of halogens is 1. The number of carbonyl (C=O) groups excluding carboxylic acids is 1. The lowest BCUT2D eigenvalue weighted by Crippen LogP contribution is -2.00. The van der Waals surface area contributed by atoms with Crippen LogP contribution >= 0.6 is 22.9 Å². The molecule has 122 valence electrons. The Hall–Kier alpha value is -2.37. The number of aryl methyl sites for hydroxylation is 1. The number of benzene rings is 2. The van der Waals surface area contributed by atoms with E-state index in [1.807, 2.05) is 43.3 Å². The van der Waals surface area contributed by atoms with Crippen LogP contribution in [0.3, 0.4) is 0 Å². The highest BCUT2D eigenvalue weighted by atomic mass is 35.5. The Kier molecular flexibility index (Phi) is 4.83. The van der Waals surface area contributed by atoms with Crippen LogP contribution in [0.2, 0.25) is 5.02 Å². The Morgan fingerprint density at radius 3 is 2.42 bits per heavy atom. The lowest BCUT2D eigenvalue weighted by Gasteiger charge is -2.04. The molecule has 0 saturated carbocycles. The number of nitrogens with one attached hydrogen (secondary N) is 1. The number of ether oxygens (including phenoxy) is 1. The molecule has 4 nitrogen and oxygen atoms in total. The molecular weight excluding hydrogens is 344 g/mol. The van der Waals surface area contributed by atoms with Crippen LogP contribution in [0, 0.1) is 6.92 Å². The molecule has 0 atom stereocenters. The van der Waals surface area contributed by atoms with Gasteiger partial charge in [0.2, 0.25) is 0 Å². The van der Waals surface area contributed by atoms with E-state index in [1.54, 1.807) is 23.5 Å². The van der Waals surface area contributed by atoms with Crippen LogP contribution in [0.4, 0.5) is 10.8 Å². The van der Waals surface area contributed by atoms with Gasteiger partial charge in [-0.3, -0.25) is 0 Å². The highest BCUT2D eigenvalue weighted by molar-refractivity contribution is 7.16. The third-order valence-corrected chi connectivity index (χ3v) is 4.61. The molecule has 0 fully saturated rings. The fourth-order valence-corrected chi connectivity index (χ4v) is 3.24. The van der Waals surface area contributed by atoms with Crippen LogP contribution in [0.1, 0.15) is 15.2 Å². The van der Waals surface area contributed by atoms with E-state index in [2.05, 4.69) is 10.3 Å². The Balaban J connectivity index is 1.80. The van der Waals surface area contributed by atoms with E-state index in [9.17, 15) is 4.79 Å². The molecule has 0 aliphatic heterocycles. The molecule has 0 aliphatic carbocycles. The fourth-order valence-electron chi connectivity index (χ4n) is 2.26. The Morgan fingerprint density at radius 2 is 1.79 bits per heavy atom. The molecule has 0 aliphatic rings. The molecule has 2 aromatic carbocycles. The summed E-state index contributed by atoms with van der Waals surface area (Å²) in [7, 11) is 1.37. The summed E-state index contributed by atoms with van der Waals surface area (Å²) in [5, 5.41) is 4.76. The average molecular weight is 359 g/mol. The van der Waals surface area contributed by atoms with Crippen molar-refractivity contribution in [2.75, 3.05) is 12.4 Å². The summed E-state index contributed by atoms with van der Waals surface area (Å²) in [5.74, 6) is -0.350. The molecule has 0 bridgehead atoms. The van der Waals surface area contributed by atoms with E-state index in [1.165, 1.54) is 7.11 Å². The van der Waals surface area contributed by atoms with Gasteiger partial charge in [-0.05, 0) is 43.3 Å². The molecule has 1 N–H and O–H groups in total. The second-order valence-corrected chi connectivity index (χ2v) is 6.76. The molecule has 0 unspecified atom stereocenters. The summed E-state index contributed by atoms with van der Waals surface area (Å²) in [5.41, 5.74) is 3.34. The van der Waals surface area contributed by atoms with Gasteiger partial charge in [0.05, 0.1) is 18.4 Å². The van der Waals surface area contributed by atoms with Crippen LogP contribution in [-0.2, 0) is 4.74 Å². The van der Waals surface area contributed by atoms with Crippen LogP contribution < -0.4 is 5.32 Å². The number of anilines is 2. The molecular formula is C18H15ClN2O2S. The van der Waals surface area contributed by atoms with Crippen molar-refractivity contribution in [1.29, 1.82) is 0 Å². The second kappa shape index (κ2) is 7.03. The molecule has 0 saturated heterocycles. The van der Waals surface area contributed by atoms with Crippen molar-refractivity contribution < 1.29 is 9.53 Å². The summed E-state index contributed by atoms with van der Waals surface area (Å²) in [6.07, 6.45) is 0. The van der Waals surface area contributed by atoms with Crippen molar-refractivity contribution in [3.63, 3.8) is 0 Å². The van der Waals surface area contributed by atoms with Gasteiger partial charge in [0.25, 0.3) is 0 Å². The lowest BCUT2D eigenvalue weighted by atomic mass is 10.1. The van der Waals surface area contributed by atoms with E-state index < -0.39 is 0 Å². The van der Waals surface area contributed by atoms with Crippen molar-refractivity contribution in [1.82, 2.24) is 4.98 Å². The molecule has 1 aromatic heterocycles. The second-order valence-electron chi connectivity index (χ2n) is 5.12. The minimum atomic E-state index is -0.350. The topological polar surface area (TPSA) is 51.2 Å². The third kappa shape index (κ3) is 3.58. The van der Waals surface area contributed by atoms with Crippen molar-refractivity contribution in [3.8, 4) is 11.3 Å². The SMILES string of the molecule is COC(=O)c1ccc(Nc2nc(-c3ccc(Cl)cc3)c(C)s2)cc1. The van der Waals surface area contributed by atoms with Crippen molar-refractivity contribution in [2.45, 2.75) is 6.92 Å². The monoisotopic (exact) mass is 358 g/mol. The molecule has 1 heterocycles. The Bertz CT molecular complexity index is 858. The van der Waals surface area contributed by atoms with Crippen LogP contribution in [0.5, 0.6) is 0 Å². The maximum atomic E-state index is 11.4. The number of hydrogen-bond donors (Lipinski definition) is 1. The summed E-state index contributed by atoms with van der Waals surface area (Å²) in [4.78, 5) is 17.2. The predicted octanol–water partition coefficient (Wildman–Crippen LogP) is 5.30. The first-order chi connectivity index (χ1) is 11.6. The summed E-state index contributed by atoms with van der Waals surface area (Å²) in [6, 6.07) is 14.7. The largest absolute Gasteiger partial charge is 0.465 e. The number of aromatic nitrogens is 1. The highest BCUT2D eigenvalue weighted by Gasteiger charge is 2.11. The van der Waals surface area contributed by atoms with E-state index >= 15 is 0 Å². The van der Waals surface area contributed by atoms with Crippen molar-refractivity contribution in [2.24, 2.45) is 0 Å². The maximum absolute atomic E-state index is 11.4. The normalized spacial score (nSPS) is 10.5. The third-order valence-electron chi connectivity index (χ3n) is 3.47. The molecule has 0 spiro atoms. The van der Waals surface area contributed by atoms with Gasteiger partial charge < -0.3 is 10.1 Å². The van der Waals surface area contributed by atoms with E-state index in [0.29, 0.717) is 10.6 Å². The smallest absolute Gasteiger partial charge is 0.337 e. The zero-order valence-corrected chi connectivity index (χ0v) is 14.7. The molecule has 24 heavy (non-hydrogen) atoms. The van der Waals surface area contributed by atoms with Crippen molar-refractivity contribution in [3.05, 3.63) is 64.0 Å².